The summed E-state index contributed by atoms with van der Waals surface area (Å²) in [4.78, 5) is 24.6. The standard InChI is InChI=1S/C20H34O4/c1-3-5-7-11-15-23-19(21)17-13-9-10-14-18(17)20(22)24-16-12-8-6-4-2/h13,18H,3-12,14-16H2,1-2H3. The molecule has 0 N–H and O–H groups in total. The molecule has 4 heteroatoms. The minimum absolute atomic E-state index is 0.264. The first kappa shape index (κ1) is 20.7. The Kier molecular flexibility index (Phi) is 11.2. The topological polar surface area (TPSA) is 52.6 Å². The molecule has 1 aliphatic rings. The molecule has 1 aliphatic carbocycles. The van der Waals surface area contributed by atoms with Crippen molar-refractivity contribution in [2.75, 3.05) is 13.2 Å². The van der Waals surface area contributed by atoms with Gasteiger partial charge in [-0.25, -0.2) is 4.79 Å². The summed E-state index contributed by atoms with van der Waals surface area (Å²) in [6.45, 7) is 5.19. The summed E-state index contributed by atoms with van der Waals surface area (Å²) < 4.78 is 10.7. The lowest BCUT2D eigenvalue weighted by molar-refractivity contribution is -0.151. The molecule has 1 rings (SSSR count). The molecule has 138 valence electrons. The Balaban J connectivity index is 2.38. The van der Waals surface area contributed by atoms with E-state index in [-0.39, 0.29) is 11.9 Å². The monoisotopic (exact) mass is 338 g/mol. The molecular formula is C20H34O4. The van der Waals surface area contributed by atoms with Crippen molar-refractivity contribution >= 4 is 11.9 Å². The van der Waals surface area contributed by atoms with E-state index in [0.717, 1.165) is 64.2 Å². The molecule has 0 amide bonds. The largest absolute Gasteiger partial charge is 0.465 e. The second-order valence-electron chi connectivity index (χ2n) is 6.57. The maximum Gasteiger partial charge on any atom is 0.334 e. The first-order chi connectivity index (χ1) is 11.7. The number of carbonyl (C=O) groups is 2. The smallest absolute Gasteiger partial charge is 0.334 e. The number of hydrogen-bond acceptors (Lipinski definition) is 4. The Morgan fingerprint density at radius 3 is 2.21 bits per heavy atom. The van der Waals surface area contributed by atoms with Crippen molar-refractivity contribution in [2.24, 2.45) is 5.92 Å². The summed E-state index contributed by atoms with van der Waals surface area (Å²) in [7, 11) is 0. The molecule has 0 bridgehead atoms. The number of ether oxygens (including phenoxy) is 2. The predicted octanol–water partition coefficient (Wildman–Crippen LogP) is 4.96. The molecule has 0 aromatic carbocycles. The van der Waals surface area contributed by atoms with Crippen molar-refractivity contribution in [2.45, 2.75) is 84.5 Å². The highest BCUT2D eigenvalue weighted by Crippen LogP contribution is 2.27. The SMILES string of the molecule is CCCCCCOC(=O)C1=CCCCC1C(=O)OCCCCCC. The number of esters is 2. The van der Waals surface area contributed by atoms with Crippen LogP contribution >= 0.6 is 0 Å². The highest BCUT2D eigenvalue weighted by atomic mass is 16.5. The van der Waals surface area contributed by atoms with Gasteiger partial charge < -0.3 is 9.47 Å². The van der Waals surface area contributed by atoms with Crippen LogP contribution in [0.4, 0.5) is 0 Å². The molecule has 0 aliphatic heterocycles. The molecule has 0 saturated heterocycles. The van der Waals surface area contributed by atoms with Crippen molar-refractivity contribution in [1.29, 1.82) is 0 Å². The lowest BCUT2D eigenvalue weighted by atomic mass is 9.87. The van der Waals surface area contributed by atoms with E-state index in [1.807, 2.05) is 6.08 Å². The average molecular weight is 338 g/mol. The molecule has 0 heterocycles. The zero-order chi connectivity index (χ0) is 17.6. The third kappa shape index (κ3) is 7.98. The van der Waals surface area contributed by atoms with Gasteiger partial charge in [0.1, 0.15) is 0 Å². The van der Waals surface area contributed by atoms with E-state index in [0.29, 0.717) is 25.2 Å². The molecule has 4 nitrogen and oxygen atoms in total. The second kappa shape index (κ2) is 13.0. The summed E-state index contributed by atoms with van der Waals surface area (Å²) in [6.07, 6.45) is 12.9. The van der Waals surface area contributed by atoms with Gasteiger partial charge >= 0.3 is 11.9 Å². The Morgan fingerprint density at radius 2 is 1.58 bits per heavy atom. The number of unbranched alkanes of at least 4 members (excludes halogenated alkanes) is 6. The molecule has 0 aromatic heterocycles. The maximum atomic E-state index is 12.3. The van der Waals surface area contributed by atoms with Crippen LogP contribution in [0.1, 0.15) is 84.5 Å². The molecular weight excluding hydrogens is 304 g/mol. The molecule has 0 saturated carbocycles. The van der Waals surface area contributed by atoms with E-state index >= 15 is 0 Å². The molecule has 24 heavy (non-hydrogen) atoms. The first-order valence-corrected chi connectivity index (χ1v) is 9.74. The molecule has 0 aromatic rings. The number of rotatable bonds is 12. The van der Waals surface area contributed by atoms with E-state index in [9.17, 15) is 9.59 Å². The fourth-order valence-electron chi connectivity index (χ4n) is 2.93. The van der Waals surface area contributed by atoms with Gasteiger partial charge in [0, 0.05) is 5.57 Å². The molecule has 0 radical (unpaired) electrons. The highest BCUT2D eigenvalue weighted by Gasteiger charge is 2.31. The minimum atomic E-state index is -0.437. The van der Waals surface area contributed by atoms with E-state index in [1.165, 1.54) is 0 Å². The van der Waals surface area contributed by atoms with Crippen LogP contribution in [0.15, 0.2) is 11.6 Å². The van der Waals surface area contributed by atoms with Gasteiger partial charge in [0.05, 0.1) is 19.1 Å². The Bertz CT molecular complexity index is 400. The predicted molar refractivity (Wildman–Crippen MR) is 95.6 cm³/mol. The lowest BCUT2D eigenvalue weighted by Crippen LogP contribution is -2.27. The van der Waals surface area contributed by atoms with Gasteiger partial charge in [0.2, 0.25) is 0 Å². The van der Waals surface area contributed by atoms with Crippen molar-refractivity contribution in [3.63, 3.8) is 0 Å². The van der Waals surface area contributed by atoms with Crippen LogP contribution in [-0.4, -0.2) is 25.2 Å². The lowest BCUT2D eigenvalue weighted by Gasteiger charge is -2.21. The number of carbonyl (C=O) groups excluding carboxylic acids is 2. The fraction of sp³-hybridized carbons (Fsp3) is 0.800. The van der Waals surface area contributed by atoms with Crippen LogP contribution in [0.5, 0.6) is 0 Å². The molecule has 1 unspecified atom stereocenters. The third-order valence-corrected chi connectivity index (χ3v) is 4.43. The second-order valence-corrected chi connectivity index (χ2v) is 6.57. The van der Waals surface area contributed by atoms with Crippen LogP contribution in [0.3, 0.4) is 0 Å². The van der Waals surface area contributed by atoms with Gasteiger partial charge in [-0.2, -0.15) is 0 Å². The zero-order valence-corrected chi connectivity index (χ0v) is 15.5. The van der Waals surface area contributed by atoms with Gasteiger partial charge in [-0.1, -0.05) is 58.4 Å². The first-order valence-electron chi connectivity index (χ1n) is 9.74. The van der Waals surface area contributed by atoms with Crippen molar-refractivity contribution in [3.8, 4) is 0 Å². The third-order valence-electron chi connectivity index (χ3n) is 4.43. The van der Waals surface area contributed by atoms with Crippen LogP contribution in [0.25, 0.3) is 0 Å². The van der Waals surface area contributed by atoms with E-state index in [1.54, 1.807) is 0 Å². The van der Waals surface area contributed by atoms with Crippen molar-refractivity contribution in [3.05, 3.63) is 11.6 Å². The Labute approximate surface area is 147 Å². The number of hydrogen-bond donors (Lipinski definition) is 0. The zero-order valence-electron chi connectivity index (χ0n) is 15.5. The summed E-state index contributed by atoms with van der Waals surface area (Å²) in [5.74, 6) is -1.03. The van der Waals surface area contributed by atoms with Crippen LogP contribution < -0.4 is 0 Å². The average Bonchev–Trinajstić information content (AvgIpc) is 2.61. The van der Waals surface area contributed by atoms with Gasteiger partial charge in [-0.3, -0.25) is 4.79 Å². The van der Waals surface area contributed by atoms with E-state index < -0.39 is 5.92 Å². The van der Waals surface area contributed by atoms with Gasteiger partial charge in [0.25, 0.3) is 0 Å². The van der Waals surface area contributed by atoms with E-state index in [4.69, 9.17) is 9.47 Å². The Hall–Kier alpha value is -1.32. The molecule has 0 spiro atoms. The highest BCUT2D eigenvalue weighted by molar-refractivity contribution is 5.95. The molecule has 0 fully saturated rings. The number of allylic oxidation sites excluding steroid dienone is 1. The molecule has 1 atom stereocenters. The quantitative estimate of drug-likeness (QED) is 0.373. The van der Waals surface area contributed by atoms with Crippen LogP contribution in [0, 0.1) is 5.92 Å². The van der Waals surface area contributed by atoms with Crippen LogP contribution in [0.2, 0.25) is 0 Å². The minimum Gasteiger partial charge on any atom is -0.465 e. The van der Waals surface area contributed by atoms with Crippen LogP contribution in [-0.2, 0) is 19.1 Å². The van der Waals surface area contributed by atoms with E-state index in [2.05, 4.69) is 13.8 Å². The van der Waals surface area contributed by atoms with Gasteiger partial charge in [-0.05, 0) is 32.1 Å². The van der Waals surface area contributed by atoms with Gasteiger partial charge in [0.15, 0.2) is 0 Å². The van der Waals surface area contributed by atoms with Crippen molar-refractivity contribution < 1.29 is 19.1 Å². The summed E-state index contributed by atoms with van der Waals surface area (Å²) in [6, 6.07) is 0. The maximum absolute atomic E-state index is 12.3. The fourth-order valence-corrected chi connectivity index (χ4v) is 2.93. The normalized spacial score (nSPS) is 17.2. The summed E-state index contributed by atoms with van der Waals surface area (Å²) >= 11 is 0. The van der Waals surface area contributed by atoms with Gasteiger partial charge in [-0.15, -0.1) is 0 Å². The summed E-state index contributed by atoms with van der Waals surface area (Å²) in [5, 5.41) is 0. The van der Waals surface area contributed by atoms with Crippen molar-refractivity contribution in [1.82, 2.24) is 0 Å². The Morgan fingerprint density at radius 1 is 0.958 bits per heavy atom. The summed E-state index contributed by atoms with van der Waals surface area (Å²) in [5.41, 5.74) is 0.510.